The Morgan fingerprint density at radius 2 is 1.47 bits per heavy atom. The fourth-order valence-corrected chi connectivity index (χ4v) is 3.16. The minimum Gasteiger partial charge on any atom is -0.356 e. The quantitative estimate of drug-likeness (QED) is 0.454. The molecule has 4 rings (SSSR count). The molecule has 1 heterocycles. The predicted octanol–water partition coefficient (Wildman–Crippen LogP) is 4.99. The van der Waals surface area contributed by atoms with Crippen molar-refractivity contribution >= 4 is 23.0 Å². The molecule has 1 unspecified atom stereocenters. The van der Waals surface area contributed by atoms with E-state index >= 15 is 0 Å². The van der Waals surface area contributed by atoms with Crippen LogP contribution in [-0.2, 0) is 4.79 Å². The summed E-state index contributed by atoms with van der Waals surface area (Å²) >= 11 is 0. The first-order chi connectivity index (χ1) is 15.5. The molecule has 6 nitrogen and oxygen atoms in total. The molecule has 7 heteroatoms. The number of para-hydroxylation sites is 1. The number of aromatic nitrogens is 2. The second kappa shape index (κ2) is 9.26. The molecule has 0 aliphatic rings. The first-order valence-electron chi connectivity index (χ1n) is 10.1. The minimum atomic E-state index is -0.843. The van der Waals surface area contributed by atoms with Crippen molar-refractivity contribution < 1.29 is 9.18 Å². The smallest absolute Gasteiger partial charge is 0.267 e. The van der Waals surface area contributed by atoms with Gasteiger partial charge in [-0.25, -0.2) is 9.07 Å². The maximum Gasteiger partial charge on any atom is 0.267 e. The first-order valence-corrected chi connectivity index (χ1v) is 10.1. The van der Waals surface area contributed by atoms with Crippen molar-refractivity contribution in [1.29, 1.82) is 0 Å². The topological polar surface area (TPSA) is 76.0 Å². The Hall–Kier alpha value is -4.26. The zero-order valence-corrected chi connectivity index (χ0v) is 17.3. The second-order valence-electron chi connectivity index (χ2n) is 7.24. The molecule has 1 aromatic heterocycles. The number of carbonyl (C=O) groups is 1. The van der Waals surface area contributed by atoms with E-state index in [2.05, 4.69) is 15.7 Å². The number of nitrogens with one attached hydrogen (secondary N) is 2. The molecule has 0 aliphatic carbocycles. The first kappa shape index (κ1) is 21.0. The Balaban J connectivity index is 1.47. The fourth-order valence-electron chi connectivity index (χ4n) is 3.16. The number of halogens is 1. The van der Waals surface area contributed by atoms with Gasteiger partial charge in [0.1, 0.15) is 11.9 Å². The molecular formula is C25H21FN4O2. The molecule has 3 aromatic carbocycles. The van der Waals surface area contributed by atoms with Crippen molar-refractivity contribution in [2.75, 3.05) is 10.6 Å². The number of rotatable bonds is 6. The van der Waals surface area contributed by atoms with Gasteiger partial charge in [0, 0.05) is 28.7 Å². The van der Waals surface area contributed by atoms with Crippen molar-refractivity contribution in [3.8, 4) is 11.3 Å². The monoisotopic (exact) mass is 428 g/mol. The summed E-state index contributed by atoms with van der Waals surface area (Å²) in [6.07, 6.45) is 0. The van der Waals surface area contributed by atoms with E-state index in [4.69, 9.17) is 0 Å². The third-order valence-electron chi connectivity index (χ3n) is 4.93. The second-order valence-corrected chi connectivity index (χ2v) is 7.24. The van der Waals surface area contributed by atoms with Crippen molar-refractivity contribution in [3.05, 3.63) is 107 Å². The van der Waals surface area contributed by atoms with Crippen molar-refractivity contribution in [1.82, 2.24) is 9.78 Å². The summed E-state index contributed by atoms with van der Waals surface area (Å²) in [5.74, 6) is -0.737. The van der Waals surface area contributed by atoms with E-state index in [-0.39, 0.29) is 11.7 Å². The molecule has 1 atom stereocenters. The van der Waals surface area contributed by atoms with Crippen LogP contribution in [0.25, 0.3) is 11.3 Å². The Kier molecular flexibility index (Phi) is 6.07. The third kappa shape index (κ3) is 4.89. The number of anilines is 3. The molecule has 0 bridgehead atoms. The Morgan fingerprint density at radius 1 is 0.844 bits per heavy atom. The van der Waals surface area contributed by atoms with E-state index in [9.17, 15) is 14.0 Å². The van der Waals surface area contributed by atoms with Crippen molar-refractivity contribution in [2.45, 2.75) is 13.0 Å². The van der Waals surface area contributed by atoms with Gasteiger partial charge in [-0.05, 0) is 73.7 Å². The molecular weight excluding hydrogens is 407 g/mol. The van der Waals surface area contributed by atoms with E-state index in [1.165, 1.54) is 18.2 Å². The summed E-state index contributed by atoms with van der Waals surface area (Å²) < 4.78 is 14.3. The van der Waals surface area contributed by atoms with E-state index in [0.29, 0.717) is 16.9 Å². The molecule has 0 fully saturated rings. The van der Waals surface area contributed by atoms with Gasteiger partial charge in [-0.1, -0.05) is 18.2 Å². The lowest BCUT2D eigenvalue weighted by atomic mass is 10.1. The van der Waals surface area contributed by atoms with Crippen LogP contribution in [0.4, 0.5) is 21.5 Å². The largest absolute Gasteiger partial charge is 0.356 e. The normalized spacial score (nSPS) is 11.6. The average Bonchev–Trinajstić information content (AvgIpc) is 2.81. The SMILES string of the molecule is CC(C(=O)Nc1ccc(Nc2ccccc2)cc1)n1nc(-c2ccc(F)cc2)ccc1=O. The summed E-state index contributed by atoms with van der Waals surface area (Å²) in [5, 5.41) is 10.4. The summed E-state index contributed by atoms with van der Waals surface area (Å²) in [6.45, 7) is 1.60. The molecule has 160 valence electrons. The zero-order chi connectivity index (χ0) is 22.5. The molecule has 1 amide bonds. The summed E-state index contributed by atoms with van der Waals surface area (Å²) in [7, 11) is 0. The number of hydrogen-bond acceptors (Lipinski definition) is 4. The highest BCUT2D eigenvalue weighted by atomic mass is 19.1. The minimum absolute atomic E-state index is 0.361. The third-order valence-corrected chi connectivity index (χ3v) is 4.93. The predicted molar refractivity (Wildman–Crippen MR) is 123 cm³/mol. The number of amides is 1. The van der Waals surface area contributed by atoms with Crippen molar-refractivity contribution in [2.24, 2.45) is 0 Å². The lowest BCUT2D eigenvalue weighted by Gasteiger charge is -2.15. The standard InChI is InChI=1S/C25H21FN4O2/c1-17(30-24(31)16-15-23(29-30)18-7-9-19(26)10-8-18)25(32)28-22-13-11-21(12-14-22)27-20-5-3-2-4-6-20/h2-17,27H,1H3,(H,28,32). The molecule has 0 saturated carbocycles. The van der Waals surface area contributed by atoms with Crippen LogP contribution in [0.5, 0.6) is 0 Å². The van der Waals surface area contributed by atoms with E-state index < -0.39 is 11.6 Å². The van der Waals surface area contributed by atoms with Crippen LogP contribution in [0.3, 0.4) is 0 Å². The van der Waals surface area contributed by atoms with Gasteiger partial charge in [-0.2, -0.15) is 5.10 Å². The van der Waals surface area contributed by atoms with Crippen LogP contribution < -0.4 is 16.2 Å². The maximum absolute atomic E-state index is 13.2. The maximum atomic E-state index is 13.2. The van der Waals surface area contributed by atoms with Crippen LogP contribution in [0, 0.1) is 5.82 Å². The van der Waals surface area contributed by atoms with Gasteiger partial charge in [0.15, 0.2) is 0 Å². The van der Waals surface area contributed by atoms with Gasteiger partial charge < -0.3 is 10.6 Å². The van der Waals surface area contributed by atoms with Crippen LogP contribution in [0.2, 0.25) is 0 Å². The van der Waals surface area contributed by atoms with Gasteiger partial charge in [-0.15, -0.1) is 0 Å². The number of nitrogens with zero attached hydrogens (tertiary/aromatic N) is 2. The van der Waals surface area contributed by atoms with Crippen LogP contribution in [-0.4, -0.2) is 15.7 Å². The van der Waals surface area contributed by atoms with Crippen LogP contribution in [0.15, 0.2) is 95.8 Å². The molecule has 0 spiro atoms. The lowest BCUT2D eigenvalue weighted by molar-refractivity contribution is -0.119. The van der Waals surface area contributed by atoms with Crippen molar-refractivity contribution in [3.63, 3.8) is 0 Å². The molecule has 0 radical (unpaired) electrons. The molecule has 4 aromatic rings. The lowest BCUT2D eigenvalue weighted by Crippen LogP contribution is -2.33. The van der Waals surface area contributed by atoms with Gasteiger partial charge in [0.05, 0.1) is 5.69 Å². The Labute approximate surface area is 184 Å². The average molecular weight is 428 g/mol. The summed E-state index contributed by atoms with van der Waals surface area (Å²) in [5.41, 5.74) is 3.16. The zero-order valence-electron chi connectivity index (χ0n) is 17.3. The number of benzene rings is 3. The molecule has 2 N–H and O–H groups in total. The van der Waals surface area contributed by atoms with Crippen LogP contribution in [0.1, 0.15) is 13.0 Å². The highest BCUT2D eigenvalue weighted by Gasteiger charge is 2.18. The highest BCUT2D eigenvalue weighted by Crippen LogP contribution is 2.20. The number of hydrogen-bond donors (Lipinski definition) is 2. The van der Waals surface area contributed by atoms with Gasteiger partial charge in [0.25, 0.3) is 5.56 Å². The molecule has 32 heavy (non-hydrogen) atoms. The van der Waals surface area contributed by atoms with E-state index in [1.807, 2.05) is 42.5 Å². The Morgan fingerprint density at radius 3 is 2.16 bits per heavy atom. The summed E-state index contributed by atoms with van der Waals surface area (Å²) in [6, 6.07) is 24.9. The van der Waals surface area contributed by atoms with E-state index in [1.54, 1.807) is 37.3 Å². The van der Waals surface area contributed by atoms with Crippen LogP contribution >= 0.6 is 0 Å². The molecule has 0 saturated heterocycles. The summed E-state index contributed by atoms with van der Waals surface area (Å²) in [4.78, 5) is 25.1. The Bertz CT molecular complexity index is 1270. The highest BCUT2D eigenvalue weighted by molar-refractivity contribution is 5.93. The molecule has 0 aliphatic heterocycles. The fraction of sp³-hybridized carbons (Fsp3) is 0.0800. The van der Waals surface area contributed by atoms with Gasteiger partial charge in [0.2, 0.25) is 5.91 Å². The van der Waals surface area contributed by atoms with Gasteiger partial charge >= 0.3 is 0 Å². The number of carbonyl (C=O) groups excluding carboxylic acids is 1. The van der Waals surface area contributed by atoms with E-state index in [0.717, 1.165) is 16.1 Å². The van der Waals surface area contributed by atoms with Gasteiger partial charge in [-0.3, -0.25) is 9.59 Å².